The van der Waals surface area contributed by atoms with Crippen LogP contribution in [0.3, 0.4) is 0 Å². The van der Waals surface area contributed by atoms with Crippen molar-refractivity contribution >= 4 is 11.7 Å². The molecule has 0 aliphatic rings. The van der Waals surface area contributed by atoms with Crippen LogP contribution in [0.25, 0.3) is 0 Å². The predicted octanol–water partition coefficient (Wildman–Crippen LogP) is 3.09. The normalized spacial score (nSPS) is 12.9. The summed E-state index contributed by atoms with van der Waals surface area (Å²) in [7, 11) is 0. The fraction of sp³-hybridized carbons (Fsp3) is 0.625. The van der Waals surface area contributed by atoms with Crippen LogP contribution in [0.5, 0.6) is 0 Å². The summed E-state index contributed by atoms with van der Waals surface area (Å²) in [6.45, 7) is 14.4. The van der Waals surface area contributed by atoms with Gasteiger partial charge in [-0.2, -0.15) is 0 Å². The van der Waals surface area contributed by atoms with E-state index in [9.17, 15) is 4.79 Å². The third-order valence-electron chi connectivity index (χ3n) is 3.74. The molecule has 112 valence electrons. The molecule has 1 heterocycles. The number of nitrogens with zero attached hydrogens (tertiary/aromatic N) is 2. The molecule has 1 unspecified atom stereocenters. The van der Waals surface area contributed by atoms with Gasteiger partial charge in [-0.1, -0.05) is 20.8 Å². The molecule has 0 fully saturated rings. The molecule has 0 spiro atoms. The fourth-order valence-electron chi connectivity index (χ4n) is 1.75. The van der Waals surface area contributed by atoms with Gasteiger partial charge in [0.1, 0.15) is 5.82 Å². The van der Waals surface area contributed by atoms with Crippen molar-refractivity contribution in [3.63, 3.8) is 0 Å². The van der Waals surface area contributed by atoms with E-state index in [-0.39, 0.29) is 17.4 Å². The molecule has 4 heteroatoms. The summed E-state index contributed by atoms with van der Waals surface area (Å²) in [6.07, 6.45) is 1.65. The van der Waals surface area contributed by atoms with E-state index in [1.807, 2.05) is 19.1 Å². The number of rotatable bonds is 5. The highest BCUT2D eigenvalue weighted by atomic mass is 16.1. The molecule has 1 N–H and O–H groups in total. The molecule has 0 radical (unpaired) electrons. The lowest BCUT2D eigenvalue weighted by atomic mass is 9.88. The summed E-state index contributed by atoms with van der Waals surface area (Å²) in [5, 5.41) is 3.02. The van der Waals surface area contributed by atoms with Crippen molar-refractivity contribution in [3.05, 3.63) is 23.9 Å². The Hall–Kier alpha value is -1.58. The smallest absolute Gasteiger partial charge is 0.253 e. The highest BCUT2D eigenvalue weighted by Gasteiger charge is 2.22. The number of hydrogen-bond acceptors (Lipinski definition) is 3. The first-order valence-corrected chi connectivity index (χ1v) is 7.31. The molecule has 0 saturated heterocycles. The molecule has 1 rings (SSSR count). The van der Waals surface area contributed by atoms with Gasteiger partial charge < -0.3 is 10.2 Å². The zero-order chi connectivity index (χ0) is 15.3. The standard InChI is InChI=1S/C16H27N3O/c1-7-19(8-2)14-10-9-13(11-17-14)15(20)18-12(3)16(4,5)6/h9-12H,7-8H2,1-6H3,(H,18,20). The number of aromatic nitrogens is 1. The van der Waals surface area contributed by atoms with Gasteiger partial charge in [-0.3, -0.25) is 4.79 Å². The molecule has 0 aliphatic heterocycles. The van der Waals surface area contributed by atoms with E-state index in [0.717, 1.165) is 18.9 Å². The summed E-state index contributed by atoms with van der Waals surface area (Å²) < 4.78 is 0. The number of hydrogen-bond donors (Lipinski definition) is 1. The van der Waals surface area contributed by atoms with E-state index < -0.39 is 0 Å². The van der Waals surface area contributed by atoms with E-state index in [1.165, 1.54) is 0 Å². The van der Waals surface area contributed by atoms with Crippen molar-refractivity contribution in [1.29, 1.82) is 0 Å². The molecule has 0 aliphatic carbocycles. The Morgan fingerprint density at radius 2 is 1.90 bits per heavy atom. The second kappa shape index (κ2) is 6.73. The van der Waals surface area contributed by atoms with Crippen LogP contribution < -0.4 is 10.2 Å². The highest BCUT2D eigenvalue weighted by Crippen LogP contribution is 2.19. The lowest BCUT2D eigenvalue weighted by Crippen LogP contribution is -2.41. The van der Waals surface area contributed by atoms with Gasteiger partial charge >= 0.3 is 0 Å². The summed E-state index contributed by atoms with van der Waals surface area (Å²) in [4.78, 5) is 18.7. The van der Waals surface area contributed by atoms with Gasteiger partial charge in [0, 0.05) is 25.3 Å². The molecule has 1 atom stereocenters. The first-order chi connectivity index (χ1) is 9.29. The highest BCUT2D eigenvalue weighted by molar-refractivity contribution is 5.94. The summed E-state index contributed by atoms with van der Waals surface area (Å²) >= 11 is 0. The van der Waals surface area contributed by atoms with Crippen LogP contribution >= 0.6 is 0 Å². The van der Waals surface area contributed by atoms with Crippen molar-refractivity contribution in [2.24, 2.45) is 5.41 Å². The monoisotopic (exact) mass is 277 g/mol. The predicted molar refractivity (Wildman–Crippen MR) is 84.2 cm³/mol. The first kappa shape index (κ1) is 16.5. The number of anilines is 1. The van der Waals surface area contributed by atoms with E-state index in [2.05, 4.69) is 49.8 Å². The van der Waals surface area contributed by atoms with Gasteiger partial charge in [-0.05, 0) is 38.3 Å². The quantitative estimate of drug-likeness (QED) is 0.899. The number of carbonyl (C=O) groups excluding carboxylic acids is 1. The SMILES string of the molecule is CCN(CC)c1ccc(C(=O)NC(C)C(C)(C)C)cn1. The minimum absolute atomic E-state index is 0.0459. The molecule has 1 aromatic rings. The Kier molecular flexibility index (Phi) is 5.54. The second-order valence-electron chi connectivity index (χ2n) is 6.14. The van der Waals surface area contributed by atoms with Gasteiger partial charge in [0.15, 0.2) is 0 Å². The minimum Gasteiger partial charge on any atom is -0.357 e. The van der Waals surface area contributed by atoms with E-state index in [0.29, 0.717) is 5.56 Å². The van der Waals surface area contributed by atoms with Crippen LogP contribution in [0.1, 0.15) is 51.9 Å². The van der Waals surface area contributed by atoms with Crippen LogP contribution in [0.4, 0.5) is 5.82 Å². The summed E-state index contributed by atoms with van der Waals surface area (Å²) in [5.74, 6) is 0.849. The summed E-state index contributed by atoms with van der Waals surface area (Å²) in [5.41, 5.74) is 0.654. The van der Waals surface area contributed by atoms with Crippen LogP contribution in [-0.4, -0.2) is 30.0 Å². The first-order valence-electron chi connectivity index (χ1n) is 7.31. The molecule has 4 nitrogen and oxygen atoms in total. The van der Waals surface area contributed by atoms with Gasteiger partial charge in [-0.15, -0.1) is 0 Å². The molecule has 0 bridgehead atoms. The topological polar surface area (TPSA) is 45.2 Å². The fourth-order valence-corrected chi connectivity index (χ4v) is 1.75. The lowest BCUT2D eigenvalue weighted by Gasteiger charge is -2.28. The van der Waals surface area contributed by atoms with E-state index >= 15 is 0 Å². The van der Waals surface area contributed by atoms with Gasteiger partial charge in [0.2, 0.25) is 0 Å². The number of nitrogens with one attached hydrogen (secondary N) is 1. The second-order valence-corrected chi connectivity index (χ2v) is 6.14. The van der Waals surface area contributed by atoms with Crippen molar-refractivity contribution < 1.29 is 4.79 Å². The van der Waals surface area contributed by atoms with Gasteiger partial charge in [-0.25, -0.2) is 4.98 Å². The Morgan fingerprint density at radius 1 is 1.30 bits per heavy atom. The van der Waals surface area contributed by atoms with Crippen molar-refractivity contribution in [2.75, 3.05) is 18.0 Å². The van der Waals surface area contributed by atoms with Gasteiger partial charge in [0.25, 0.3) is 5.91 Å². The Balaban J connectivity index is 2.76. The molecule has 1 aromatic heterocycles. The lowest BCUT2D eigenvalue weighted by molar-refractivity contribution is 0.0910. The number of pyridine rings is 1. The Bertz CT molecular complexity index is 430. The van der Waals surface area contributed by atoms with Crippen molar-refractivity contribution in [2.45, 2.75) is 47.6 Å². The Labute approximate surface area is 122 Å². The van der Waals surface area contributed by atoms with Crippen LogP contribution in [-0.2, 0) is 0 Å². The average molecular weight is 277 g/mol. The molecule has 0 aromatic carbocycles. The van der Waals surface area contributed by atoms with E-state index in [4.69, 9.17) is 0 Å². The van der Waals surface area contributed by atoms with Crippen LogP contribution in [0.15, 0.2) is 18.3 Å². The largest absolute Gasteiger partial charge is 0.357 e. The van der Waals surface area contributed by atoms with Crippen molar-refractivity contribution in [1.82, 2.24) is 10.3 Å². The van der Waals surface area contributed by atoms with E-state index in [1.54, 1.807) is 6.20 Å². The average Bonchev–Trinajstić information content (AvgIpc) is 2.39. The van der Waals surface area contributed by atoms with Crippen LogP contribution in [0, 0.1) is 5.41 Å². The molecule has 20 heavy (non-hydrogen) atoms. The minimum atomic E-state index is -0.0639. The third kappa shape index (κ3) is 4.22. The van der Waals surface area contributed by atoms with Gasteiger partial charge in [0.05, 0.1) is 5.56 Å². The number of carbonyl (C=O) groups is 1. The molecule has 1 amide bonds. The maximum atomic E-state index is 12.2. The molecule has 0 saturated carbocycles. The molecular weight excluding hydrogens is 250 g/mol. The maximum absolute atomic E-state index is 12.2. The summed E-state index contributed by atoms with van der Waals surface area (Å²) in [6, 6.07) is 3.85. The molecular formula is C16H27N3O. The third-order valence-corrected chi connectivity index (χ3v) is 3.74. The Morgan fingerprint density at radius 3 is 2.30 bits per heavy atom. The number of amides is 1. The zero-order valence-electron chi connectivity index (χ0n) is 13.5. The van der Waals surface area contributed by atoms with Crippen LogP contribution in [0.2, 0.25) is 0 Å². The maximum Gasteiger partial charge on any atom is 0.253 e. The van der Waals surface area contributed by atoms with Crippen molar-refractivity contribution in [3.8, 4) is 0 Å². The zero-order valence-corrected chi connectivity index (χ0v) is 13.5.